The molecule has 0 spiro atoms. The highest BCUT2D eigenvalue weighted by Gasteiger charge is 2.14. The van der Waals surface area contributed by atoms with Crippen LogP contribution in [0.5, 0.6) is 0 Å². The molecule has 1 N–H and O–H groups in total. The molecule has 0 aliphatic heterocycles. The normalized spacial score (nSPS) is 10.3. The highest BCUT2D eigenvalue weighted by molar-refractivity contribution is 14.1. The summed E-state index contributed by atoms with van der Waals surface area (Å²) in [5.74, 6) is -2.43. The van der Waals surface area contributed by atoms with Crippen molar-refractivity contribution in [3.63, 3.8) is 0 Å². The second-order valence-corrected chi connectivity index (χ2v) is 4.94. The van der Waals surface area contributed by atoms with Crippen LogP contribution in [0.25, 0.3) is 0 Å². The summed E-state index contributed by atoms with van der Waals surface area (Å²) in [7, 11) is 0. The lowest BCUT2D eigenvalue weighted by molar-refractivity contribution is 0.102. The summed E-state index contributed by atoms with van der Waals surface area (Å²) in [6.07, 6.45) is 0. The maximum atomic E-state index is 13.3. The van der Waals surface area contributed by atoms with Crippen molar-refractivity contribution < 1.29 is 13.6 Å². The second-order valence-electron chi connectivity index (χ2n) is 3.86. The quantitative estimate of drug-likeness (QED) is 0.646. The number of aromatic nitrogens is 1. The number of nitrogens with one attached hydrogen (secondary N) is 1. The molecule has 1 aromatic heterocycles. The van der Waals surface area contributed by atoms with E-state index in [9.17, 15) is 13.6 Å². The van der Waals surface area contributed by atoms with Gasteiger partial charge in [-0.05, 0) is 53.3 Å². The van der Waals surface area contributed by atoms with Gasteiger partial charge in [-0.2, -0.15) is 13.8 Å². The van der Waals surface area contributed by atoms with Crippen LogP contribution < -0.4 is 5.32 Å². The van der Waals surface area contributed by atoms with Gasteiger partial charge in [0.15, 0.2) is 0 Å². The zero-order chi connectivity index (χ0) is 14.0. The van der Waals surface area contributed by atoms with Crippen molar-refractivity contribution in [3.8, 4) is 0 Å². The zero-order valence-electron chi connectivity index (χ0n) is 9.88. The van der Waals surface area contributed by atoms with E-state index in [1.54, 1.807) is 12.1 Å². The Bertz CT molecular complexity index is 647. The molecule has 0 saturated carbocycles. The number of hydrogen-bond acceptors (Lipinski definition) is 2. The first-order valence-electron chi connectivity index (χ1n) is 5.37. The molecule has 0 unspecified atom stereocenters. The monoisotopic (exact) mass is 374 g/mol. The highest BCUT2D eigenvalue weighted by atomic mass is 127. The first-order valence-corrected chi connectivity index (χ1v) is 6.45. The number of hydrogen-bond donors (Lipinski definition) is 1. The van der Waals surface area contributed by atoms with Crippen molar-refractivity contribution >= 4 is 34.2 Å². The Kier molecular flexibility index (Phi) is 4.08. The number of rotatable bonds is 2. The number of aryl methyl sites for hydroxylation is 1. The molecule has 0 bridgehead atoms. The summed E-state index contributed by atoms with van der Waals surface area (Å²) < 4.78 is 26.8. The minimum absolute atomic E-state index is 0.149. The lowest BCUT2D eigenvalue weighted by atomic mass is 10.1. The standard InChI is InChI=1S/C13H9F2IN2O/c1-7-3-2-4-8(11(7)16)13(19)17-9-5-6-10(14)18-12(9)15/h2-6H,1H3,(H,17,19). The number of anilines is 1. The Morgan fingerprint density at radius 1 is 1.26 bits per heavy atom. The first-order chi connectivity index (χ1) is 8.99. The molecule has 0 fully saturated rings. The van der Waals surface area contributed by atoms with Crippen molar-refractivity contribution in [2.45, 2.75) is 6.92 Å². The molecule has 1 aromatic carbocycles. The lowest BCUT2D eigenvalue weighted by Gasteiger charge is -2.08. The maximum Gasteiger partial charge on any atom is 0.256 e. The van der Waals surface area contributed by atoms with Gasteiger partial charge in [-0.15, -0.1) is 0 Å². The average Bonchev–Trinajstić information content (AvgIpc) is 2.36. The summed E-state index contributed by atoms with van der Waals surface area (Å²) in [4.78, 5) is 15.0. The van der Waals surface area contributed by atoms with E-state index < -0.39 is 17.8 Å². The van der Waals surface area contributed by atoms with E-state index in [4.69, 9.17) is 0 Å². The molecule has 0 aliphatic carbocycles. The summed E-state index contributed by atoms with van der Waals surface area (Å²) in [6, 6.07) is 7.38. The topological polar surface area (TPSA) is 42.0 Å². The van der Waals surface area contributed by atoms with Gasteiger partial charge in [-0.3, -0.25) is 4.79 Å². The van der Waals surface area contributed by atoms with Crippen LogP contribution in [0.2, 0.25) is 0 Å². The molecule has 3 nitrogen and oxygen atoms in total. The number of amides is 1. The molecule has 2 rings (SSSR count). The van der Waals surface area contributed by atoms with Crippen molar-refractivity contribution in [2.24, 2.45) is 0 Å². The third kappa shape index (κ3) is 3.06. The molecule has 6 heteroatoms. The first kappa shape index (κ1) is 13.9. The maximum absolute atomic E-state index is 13.3. The van der Waals surface area contributed by atoms with E-state index in [-0.39, 0.29) is 5.69 Å². The molecule has 0 radical (unpaired) electrons. The van der Waals surface area contributed by atoms with E-state index in [0.29, 0.717) is 5.56 Å². The fourth-order valence-corrected chi connectivity index (χ4v) is 2.12. The molecular formula is C13H9F2IN2O. The number of halogens is 3. The highest BCUT2D eigenvalue weighted by Crippen LogP contribution is 2.19. The lowest BCUT2D eigenvalue weighted by Crippen LogP contribution is -2.15. The van der Waals surface area contributed by atoms with Crippen LogP contribution in [0.3, 0.4) is 0 Å². The Labute approximate surface area is 122 Å². The SMILES string of the molecule is Cc1cccc(C(=O)Nc2ccc(F)nc2F)c1I. The molecule has 98 valence electrons. The van der Waals surface area contributed by atoms with E-state index >= 15 is 0 Å². The average molecular weight is 374 g/mol. The molecule has 1 amide bonds. The minimum Gasteiger partial charge on any atom is -0.318 e. The fourth-order valence-electron chi connectivity index (χ4n) is 1.52. The largest absolute Gasteiger partial charge is 0.318 e. The molecule has 1 heterocycles. The number of benzene rings is 1. The van der Waals surface area contributed by atoms with Gasteiger partial charge in [0, 0.05) is 3.57 Å². The fraction of sp³-hybridized carbons (Fsp3) is 0.0769. The molecule has 2 aromatic rings. The van der Waals surface area contributed by atoms with E-state index in [1.165, 1.54) is 0 Å². The number of carbonyl (C=O) groups excluding carboxylic acids is 1. The van der Waals surface area contributed by atoms with Crippen LogP contribution >= 0.6 is 22.6 Å². The van der Waals surface area contributed by atoms with Gasteiger partial charge in [0.25, 0.3) is 5.91 Å². The summed E-state index contributed by atoms with van der Waals surface area (Å²) in [5.41, 5.74) is 1.24. The summed E-state index contributed by atoms with van der Waals surface area (Å²) in [5, 5.41) is 2.37. The van der Waals surface area contributed by atoms with Crippen LogP contribution in [0, 0.1) is 22.4 Å². The molecule has 0 atom stereocenters. The third-order valence-electron chi connectivity index (χ3n) is 2.50. The van der Waals surface area contributed by atoms with Gasteiger partial charge in [0.1, 0.15) is 0 Å². The predicted molar refractivity (Wildman–Crippen MR) is 76.0 cm³/mol. The Balaban J connectivity index is 2.28. The second kappa shape index (κ2) is 5.60. The van der Waals surface area contributed by atoms with E-state index in [2.05, 4.69) is 10.3 Å². The molecule has 0 aliphatic rings. The Hall–Kier alpha value is -1.57. The van der Waals surface area contributed by atoms with E-state index in [1.807, 2.05) is 35.6 Å². The predicted octanol–water partition coefficient (Wildman–Crippen LogP) is 3.53. The van der Waals surface area contributed by atoms with Gasteiger partial charge in [-0.25, -0.2) is 0 Å². The van der Waals surface area contributed by atoms with E-state index in [0.717, 1.165) is 21.3 Å². The van der Waals surface area contributed by atoms with Crippen LogP contribution in [0.15, 0.2) is 30.3 Å². The number of nitrogens with zero attached hydrogens (tertiary/aromatic N) is 1. The van der Waals surface area contributed by atoms with Crippen molar-refractivity contribution in [1.82, 2.24) is 4.98 Å². The minimum atomic E-state index is -1.05. The zero-order valence-corrected chi connectivity index (χ0v) is 12.0. The number of pyridine rings is 1. The third-order valence-corrected chi connectivity index (χ3v) is 3.93. The molecule has 0 saturated heterocycles. The van der Waals surface area contributed by atoms with Crippen LogP contribution in [0.1, 0.15) is 15.9 Å². The van der Waals surface area contributed by atoms with Gasteiger partial charge in [-0.1, -0.05) is 12.1 Å². The Morgan fingerprint density at radius 3 is 2.68 bits per heavy atom. The van der Waals surface area contributed by atoms with Crippen LogP contribution in [-0.2, 0) is 0 Å². The summed E-state index contributed by atoms with van der Waals surface area (Å²) >= 11 is 2.05. The Morgan fingerprint density at radius 2 is 2.00 bits per heavy atom. The van der Waals surface area contributed by atoms with Gasteiger partial charge in [0.05, 0.1) is 11.3 Å². The van der Waals surface area contributed by atoms with Gasteiger partial charge < -0.3 is 5.32 Å². The smallest absolute Gasteiger partial charge is 0.256 e. The number of carbonyl (C=O) groups is 1. The molecular weight excluding hydrogens is 365 g/mol. The van der Waals surface area contributed by atoms with Crippen LogP contribution in [0.4, 0.5) is 14.5 Å². The van der Waals surface area contributed by atoms with Gasteiger partial charge in [0.2, 0.25) is 11.9 Å². The van der Waals surface area contributed by atoms with Crippen molar-refractivity contribution in [2.75, 3.05) is 5.32 Å². The van der Waals surface area contributed by atoms with Crippen molar-refractivity contribution in [3.05, 3.63) is 56.9 Å². The van der Waals surface area contributed by atoms with Gasteiger partial charge >= 0.3 is 0 Å². The molecule has 19 heavy (non-hydrogen) atoms. The summed E-state index contributed by atoms with van der Waals surface area (Å²) in [6.45, 7) is 1.87. The van der Waals surface area contributed by atoms with Crippen molar-refractivity contribution in [1.29, 1.82) is 0 Å². The van der Waals surface area contributed by atoms with Crippen LogP contribution in [-0.4, -0.2) is 10.9 Å².